The Kier molecular flexibility index (Phi) is 4.88. The molecule has 0 bridgehead atoms. The Labute approximate surface area is 137 Å². The minimum absolute atomic E-state index is 0.210. The van der Waals surface area contributed by atoms with Crippen LogP contribution in [0.4, 0.5) is 4.79 Å². The summed E-state index contributed by atoms with van der Waals surface area (Å²) in [5, 5.41) is 25.0. The molecule has 2 rings (SSSR count). The summed E-state index contributed by atoms with van der Waals surface area (Å²) in [4.78, 5) is 34.9. The normalized spacial score (nSPS) is 11.6. The van der Waals surface area contributed by atoms with Gasteiger partial charge >= 0.3 is 12.0 Å². The number of imide groups is 1. The van der Waals surface area contributed by atoms with Crippen molar-refractivity contribution < 1.29 is 29.3 Å². The van der Waals surface area contributed by atoms with E-state index in [1.54, 1.807) is 18.2 Å². The van der Waals surface area contributed by atoms with E-state index in [1.165, 1.54) is 20.0 Å². The fourth-order valence-electron chi connectivity index (χ4n) is 2.05. The van der Waals surface area contributed by atoms with Crippen molar-refractivity contribution in [2.75, 3.05) is 7.05 Å². The van der Waals surface area contributed by atoms with Crippen molar-refractivity contribution in [1.82, 2.24) is 10.6 Å². The van der Waals surface area contributed by atoms with Gasteiger partial charge in [0, 0.05) is 17.8 Å². The van der Waals surface area contributed by atoms with Crippen LogP contribution in [0.3, 0.4) is 0 Å². The Bertz CT molecular complexity index is 818. The SMILES string of the molecule is CNC(=O)NC(=O)[C@@H](C)OC(=O)c1cc(O)c2ccccc2c1O. The van der Waals surface area contributed by atoms with E-state index in [9.17, 15) is 24.6 Å². The minimum atomic E-state index is -1.28. The number of phenols is 2. The zero-order valence-corrected chi connectivity index (χ0v) is 13.0. The second-order valence-corrected chi connectivity index (χ2v) is 4.95. The van der Waals surface area contributed by atoms with E-state index < -0.39 is 24.0 Å². The first-order valence-corrected chi connectivity index (χ1v) is 7.02. The third-order valence-electron chi connectivity index (χ3n) is 3.33. The van der Waals surface area contributed by atoms with Gasteiger partial charge in [-0.3, -0.25) is 10.1 Å². The largest absolute Gasteiger partial charge is 0.507 e. The van der Waals surface area contributed by atoms with Gasteiger partial charge in [0.25, 0.3) is 5.91 Å². The summed E-state index contributed by atoms with van der Waals surface area (Å²) < 4.78 is 4.93. The van der Waals surface area contributed by atoms with Crippen LogP contribution in [-0.2, 0) is 9.53 Å². The number of hydrogen-bond acceptors (Lipinski definition) is 6. The van der Waals surface area contributed by atoms with Crippen LogP contribution in [0.1, 0.15) is 17.3 Å². The number of aromatic hydroxyl groups is 2. The highest BCUT2D eigenvalue weighted by Crippen LogP contribution is 2.35. The molecule has 8 nitrogen and oxygen atoms in total. The number of urea groups is 1. The molecule has 1 atom stereocenters. The number of benzene rings is 2. The van der Waals surface area contributed by atoms with E-state index in [0.29, 0.717) is 5.39 Å². The average molecular weight is 332 g/mol. The lowest BCUT2D eigenvalue weighted by atomic mass is 10.0. The molecule has 0 aliphatic rings. The van der Waals surface area contributed by atoms with Crippen molar-refractivity contribution in [2.45, 2.75) is 13.0 Å². The molecule has 0 aliphatic carbocycles. The second kappa shape index (κ2) is 6.86. The molecule has 3 amide bonds. The molecule has 0 unspecified atom stereocenters. The molecule has 0 radical (unpaired) electrons. The van der Waals surface area contributed by atoms with Gasteiger partial charge in [-0.1, -0.05) is 24.3 Å². The fraction of sp³-hybridized carbons (Fsp3) is 0.188. The van der Waals surface area contributed by atoms with Crippen LogP contribution in [0.5, 0.6) is 11.5 Å². The number of ether oxygens (including phenoxy) is 1. The summed E-state index contributed by atoms with van der Waals surface area (Å²) in [6, 6.07) is 6.74. The highest BCUT2D eigenvalue weighted by atomic mass is 16.5. The molecule has 0 fully saturated rings. The molecular weight excluding hydrogens is 316 g/mol. The zero-order chi connectivity index (χ0) is 17.9. The van der Waals surface area contributed by atoms with Gasteiger partial charge in [-0.2, -0.15) is 0 Å². The van der Waals surface area contributed by atoms with E-state index in [1.807, 2.05) is 5.32 Å². The van der Waals surface area contributed by atoms with Crippen molar-refractivity contribution in [1.29, 1.82) is 0 Å². The number of hydrogen-bond donors (Lipinski definition) is 4. The Morgan fingerprint density at radius 2 is 1.75 bits per heavy atom. The fourth-order valence-corrected chi connectivity index (χ4v) is 2.05. The van der Waals surface area contributed by atoms with E-state index in [4.69, 9.17) is 4.74 Å². The Hall–Kier alpha value is -3.29. The number of fused-ring (bicyclic) bond motifs is 1. The maximum atomic E-state index is 12.2. The van der Waals surface area contributed by atoms with Crippen LogP contribution in [0.15, 0.2) is 30.3 Å². The van der Waals surface area contributed by atoms with E-state index in [-0.39, 0.29) is 22.4 Å². The lowest BCUT2D eigenvalue weighted by Gasteiger charge is -2.14. The topological polar surface area (TPSA) is 125 Å². The van der Waals surface area contributed by atoms with Crippen LogP contribution in [-0.4, -0.2) is 41.3 Å². The minimum Gasteiger partial charge on any atom is -0.507 e. The molecule has 8 heteroatoms. The molecule has 0 saturated heterocycles. The summed E-state index contributed by atoms with van der Waals surface area (Å²) >= 11 is 0. The third kappa shape index (κ3) is 3.37. The first-order chi connectivity index (χ1) is 11.3. The molecule has 2 aromatic carbocycles. The van der Waals surface area contributed by atoms with E-state index in [0.717, 1.165) is 6.07 Å². The summed E-state index contributed by atoms with van der Waals surface area (Å²) in [6.07, 6.45) is -1.28. The lowest BCUT2D eigenvalue weighted by Crippen LogP contribution is -2.43. The predicted octanol–water partition coefficient (Wildman–Crippen LogP) is 1.25. The Morgan fingerprint density at radius 1 is 1.12 bits per heavy atom. The van der Waals surface area contributed by atoms with Gasteiger partial charge in [0.2, 0.25) is 0 Å². The van der Waals surface area contributed by atoms with E-state index >= 15 is 0 Å². The third-order valence-corrected chi connectivity index (χ3v) is 3.33. The van der Waals surface area contributed by atoms with Crippen LogP contribution >= 0.6 is 0 Å². The quantitative estimate of drug-likeness (QED) is 0.495. The first kappa shape index (κ1) is 17.1. The molecule has 24 heavy (non-hydrogen) atoms. The molecule has 0 spiro atoms. The second-order valence-electron chi connectivity index (χ2n) is 4.95. The molecule has 2 aromatic rings. The summed E-state index contributed by atoms with van der Waals surface area (Å²) in [5.41, 5.74) is -0.286. The zero-order valence-electron chi connectivity index (χ0n) is 13.0. The number of carbonyl (C=O) groups is 3. The number of amides is 3. The maximum absolute atomic E-state index is 12.2. The van der Waals surface area contributed by atoms with Crippen LogP contribution in [0.2, 0.25) is 0 Å². The molecule has 0 aromatic heterocycles. The Morgan fingerprint density at radius 3 is 2.38 bits per heavy atom. The van der Waals surface area contributed by atoms with Gasteiger partial charge < -0.3 is 20.3 Å². The first-order valence-electron chi connectivity index (χ1n) is 7.02. The summed E-state index contributed by atoms with van der Waals surface area (Å²) in [5.74, 6) is -2.41. The predicted molar refractivity (Wildman–Crippen MR) is 84.8 cm³/mol. The van der Waals surface area contributed by atoms with Gasteiger partial charge in [-0.15, -0.1) is 0 Å². The monoisotopic (exact) mass is 332 g/mol. The highest BCUT2D eigenvalue weighted by Gasteiger charge is 2.24. The van der Waals surface area contributed by atoms with Crippen molar-refractivity contribution in [2.24, 2.45) is 0 Å². The molecule has 0 heterocycles. The molecule has 0 aliphatic heterocycles. The van der Waals surface area contributed by atoms with Crippen molar-refractivity contribution in [3.63, 3.8) is 0 Å². The molecule has 0 saturated carbocycles. The molecule has 4 N–H and O–H groups in total. The molecular formula is C16H16N2O6. The van der Waals surface area contributed by atoms with Gasteiger partial charge in [0.1, 0.15) is 17.1 Å². The number of nitrogens with one attached hydrogen (secondary N) is 2. The number of carbonyl (C=O) groups excluding carboxylic acids is 3. The molecule has 126 valence electrons. The summed E-state index contributed by atoms with van der Waals surface area (Å²) in [7, 11) is 1.33. The van der Waals surface area contributed by atoms with Crippen molar-refractivity contribution in [3.8, 4) is 11.5 Å². The van der Waals surface area contributed by atoms with Crippen LogP contribution in [0, 0.1) is 0 Å². The number of phenolic OH excluding ortho intramolecular Hbond substituents is 2. The van der Waals surface area contributed by atoms with Gasteiger partial charge in [-0.05, 0) is 13.0 Å². The average Bonchev–Trinajstić information content (AvgIpc) is 2.57. The number of rotatable bonds is 3. The smallest absolute Gasteiger partial charge is 0.342 e. The highest BCUT2D eigenvalue weighted by molar-refractivity contribution is 6.04. The van der Waals surface area contributed by atoms with Gasteiger partial charge in [-0.25, -0.2) is 9.59 Å². The lowest BCUT2D eigenvalue weighted by molar-refractivity contribution is -0.127. The van der Waals surface area contributed by atoms with Crippen molar-refractivity contribution >= 4 is 28.7 Å². The Balaban J connectivity index is 2.24. The van der Waals surface area contributed by atoms with Crippen LogP contribution < -0.4 is 10.6 Å². The maximum Gasteiger partial charge on any atom is 0.342 e. The van der Waals surface area contributed by atoms with Gasteiger partial charge in [0.05, 0.1) is 0 Å². The van der Waals surface area contributed by atoms with Crippen molar-refractivity contribution in [3.05, 3.63) is 35.9 Å². The van der Waals surface area contributed by atoms with E-state index in [2.05, 4.69) is 5.32 Å². The number of esters is 1. The van der Waals surface area contributed by atoms with Crippen LogP contribution in [0.25, 0.3) is 10.8 Å². The summed E-state index contributed by atoms with van der Waals surface area (Å²) in [6.45, 7) is 1.27. The standard InChI is InChI=1S/C16H16N2O6/c1-8(14(21)18-16(23)17-2)24-15(22)11-7-12(19)9-5-3-4-6-10(9)13(11)20/h3-8,19-20H,1-2H3,(H2,17,18,21,23)/t8-/m1/s1. The van der Waals surface area contributed by atoms with Gasteiger partial charge in [0.15, 0.2) is 6.10 Å².